The van der Waals surface area contributed by atoms with Gasteiger partial charge in [-0.3, -0.25) is 9.59 Å². The fraction of sp³-hybridized carbons (Fsp3) is 0.900. The SMILES string of the molecule is CC(C)CCCCCC(=O)O.CC(C)CCCCCC(=O)O.OCCO. The minimum absolute atomic E-state index is 0.125. The maximum absolute atomic E-state index is 10.1. The number of rotatable bonds is 13. The number of hydrogen-bond acceptors (Lipinski definition) is 4. The maximum atomic E-state index is 10.1. The van der Waals surface area contributed by atoms with Gasteiger partial charge in [-0.2, -0.15) is 0 Å². The first kappa shape index (κ1) is 29.6. The van der Waals surface area contributed by atoms with Crippen LogP contribution in [0.25, 0.3) is 0 Å². The van der Waals surface area contributed by atoms with E-state index < -0.39 is 11.9 Å². The molecular formula is C20H42O6. The lowest BCUT2D eigenvalue weighted by molar-refractivity contribution is -0.138. The zero-order valence-electron chi connectivity index (χ0n) is 17.2. The highest BCUT2D eigenvalue weighted by atomic mass is 16.4. The van der Waals surface area contributed by atoms with Crippen molar-refractivity contribution in [3.63, 3.8) is 0 Å². The number of unbranched alkanes of at least 4 members (excludes halogenated alkanes) is 4. The quantitative estimate of drug-likeness (QED) is 0.355. The van der Waals surface area contributed by atoms with Crippen molar-refractivity contribution in [3.05, 3.63) is 0 Å². The van der Waals surface area contributed by atoms with Crippen LogP contribution in [0.3, 0.4) is 0 Å². The van der Waals surface area contributed by atoms with Crippen molar-refractivity contribution < 1.29 is 30.0 Å². The van der Waals surface area contributed by atoms with Gasteiger partial charge in [-0.25, -0.2) is 0 Å². The summed E-state index contributed by atoms with van der Waals surface area (Å²) in [5, 5.41) is 31.9. The van der Waals surface area contributed by atoms with Crippen molar-refractivity contribution in [2.75, 3.05) is 13.2 Å². The van der Waals surface area contributed by atoms with E-state index in [1.54, 1.807) is 0 Å². The van der Waals surface area contributed by atoms with Gasteiger partial charge in [0.2, 0.25) is 0 Å². The van der Waals surface area contributed by atoms with Crippen molar-refractivity contribution in [2.45, 2.75) is 91.9 Å². The van der Waals surface area contributed by atoms with Gasteiger partial charge in [0.25, 0.3) is 0 Å². The lowest BCUT2D eigenvalue weighted by atomic mass is 10.0. The van der Waals surface area contributed by atoms with Crippen LogP contribution in [0.15, 0.2) is 0 Å². The highest BCUT2D eigenvalue weighted by Crippen LogP contribution is 2.09. The molecule has 0 spiro atoms. The van der Waals surface area contributed by atoms with Crippen molar-refractivity contribution in [2.24, 2.45) is 11.8 Å². The van der Waals surface area contributed by atoms with Crippen molar-refractivity contribution >= 4 is 11.9 Å². The summed E-state index contributed by atoms with van der Waals surface area (Å²) >= 11 is 0. The topological polar surface area (TPSA) is 115 Å². The highest BCUT2D eigenvalue weighted by molar-refractivity contribution is 5.66. The Balaban J connectivity index is -0.000000338. The molecule has 0 amide bonds. The molecule has 0 aromatic rings. The Bertz CT molecular complexity index is 273. The van der Waals surface area contributed by atoms with Gasteiger partial charge in [-0.1, -0.05) is 66.2 Å². The summed E-state index contributed by atoms with van der Waals surface area (Å²) in [6, 6.07) is 0. The molecule has 0 aromatic heterocycles. The van der Waals surface area contributed by atoms with Crippen molar-refractivity contribution in [1.82, 2.24) is 0 Å². The summed E-state index contributed by atoms with van der Waals surface area (Å²) < 4.78 is 0. The summed E-state index contributed by atoms with van der Waals surface area (Å²) in [7, 11) is 0. The second-order valence-corrected chi connectivity index (χ2v) is 7.22. The van der Waals surface area contributed by atoms with E-state index >= 15 is 0 Å². The molecule has 4 N–H and O–H groups in total. The average Bonchev–Trinajstić information content (AvgIpc) is 2.54. The Kier molecular flexibility index (Phi) is 27.2. The Labute approximate surface area is 159 Å². The maximum Gasteiger partial charge on any atom is 0.303 e. The zero-order valence-corrected chi connectivity index (χ0v) is 17.2. The number of carbonyl (C=O) groups is 2. The Hall–Kier alpha value is -1.14. The van der Waals surface area contributed by atoms with E-state index in [2.05, 4.69) is 27.7 Å². The lowest BCUT2D eigenvalue weighted by Gasteiger charge is -2.02. The minimum Gasteiger partial charge on any atom is -0.481 e. The van der Waals surface area contributed by atoms with Crippen LogP contribution in [0.2, 0.25) is 0 Å². The van der Waals surface area contributed by atoms with Gasteiger partial charge >= 0.3 is 11.9 Å². The molecule has 0 aliphatic rings. The van der Waals surface area contributed by atoms with E-state index in [-0.39, 0.29) is 13.2 Å². The van der Waals surface area contributed by atoms with Crippen LogP contribution in [-0.2, 0) is 9.59 Å². The molecule has 0 aromatic carbocycles. The van der Waals surface area contributed by atoms with Gasteiger partial charge < -0.3 is 20.4 Å². The highest BCUT2D eigenvalue weighted by Gasteiger charge is 1.98. The van der Waals surface area contributed by atoms with Crippen LogP contribution in [0.5, 0.6) is 0 Å². The van der Waals surface area contributed by atoms with Crippen LogP contribution < -0.4 is 0 Å². The molecule has 0 heterocycles. The molecule has 6 heteroatoms. The summed E-state index contributed by atoms with van der Waals surface area (Å²) in [5.74, 6) is 0.156. The molecule has 0 fully saturated rings. The molecule has 0 saturated carbocycles. The largest absolute Gasteiger partial charge is 0.481 e. The van der Waals surface area contributed by atoms with Crippen molar-refractivity contribution in [3.8, 4) is 0 Å². The number of aliphatic carboxylic acids is 2. The first-order valence-corrected chi connectivity index (χ1v) is 9.82. The number of carboxylic acid groups (broad SMARTS) is 2. The van der Waals surface area contributed by atoms with E-state index in [1.165, 1.54) is 25.7 Å². The molecule has 6 nitrogen and oxygen atoms in total. The van der Waals surface area contributed by atoms with Crippen LogP contribution in [0.1, 0.15) is 91.9 Å². The second kappa shape index (κ2) is 23.9. The third kappa shape index (κ3) is 43.4. The van der Waals surface area contributed by atoms with Crippen LogP contribution in [-0.4, -0.2) is 45.6 Å². The minimum atomic E-state index is -0.672. The van der Waals surface area contributed by atoms with E-state index in [1.807, 2.05) is 0 Å². The number of aliphatic hydroxyl groups is 2. The number of aliphatic hydroxyl groups excluding tert-OH is 2. The Morgan fingerprint density at radius 2 is 0.923 bits per heavy atom. The molecule has 0 aliphatic heterocycles. The smallest absolute Gasteiger partial charge is 0.303 e. The van der Waals surface area contributed by atoms with E-state index in [0.29, 0.717) is 12.8 Å². The Morgan fingerprint density at radius 1 is 0.615 bits per heavy atom. The lowest BCUT2D eigenvalue weighted by Crippen LogP contribution is -1.94. The third-order valence-electron chi connectivity index (χ3n) is 3.44. The van der Waals surface area contributed by atoms with E-state index in [0.717, 1.165) is 37.5 Å². The second-order valence-electron chi connectivity index (χ2n) is 7.22. The summed E-state index contributed by atoms with van der Waals surface area (Å²) in [5.41, 5.74) is 0. The fourth-order valence-corrected chi connectivity index (χ4v) is 2.01. The Morgan fingerprint density at radius 3 is 1.12 bits per heavy atom. The molecule has 0 rings (SSSR count). The van der Waals surface area contributed by atoms with Gasteiger partial charge in [-0.15, -0.1) is 0 Å². The molecule has 158 valence electrons. The van der Waals surface area contributed by atoms with Gasteiger partial charge in [0.15, 0.2) is 0 Å². The summed E-state index contributed by atoms with van der Waals surface area (Å²) in [6.07, 6.45) is 9.24. The molecule has 0 bridgehead atoms. The summed E-state index contributed by atoms with van der Waals surface area (Å²) in [4.78, 5) is 20.2. The van der Waals surface area contributed by atoms with Crippen molar-refractivity contribution in [1.29, 1.82) is 0 Å². The number of carboxylic acids is 2. The first-order chi connectivity index (χ1) is 12.2. The molecule has 0 saturated heterocycles. The molecule has 0 radical (unpaired) electrons. The first-order valence-electron chi connectivity index (χ1n) is 9.82. The van der Waals surface area contributed by atoms with Gasteiger partial charge in [0, 0.05) is 12.8 Å². The third-order valence-corrected chi connectivity index (χ3v) is 3.44. The molecular weight excluding hydrogens is 336 g/mol. The summed E-state index contributed by atoms with van der Waals surface area (Å²) in [6.45, 7) is 8.52. The standard InChI is InChI=1S/2C9H18O2.C2H6O2/c2*1-8(2)6-4-3-5-7-9(10)11;3-1-2-4/h2*8H,3-7H2,1-2H3,(H,10,11);3-4H,1-2H2. The molecule has 0 unspecified atom stereocenters. The van der Waals surface area contributed by atoms with Gasteiger partial charge in [-0.05, 0) is 24.7 Å². The average molecular weight is 379 g/mol. The molecule has 0 aliphatic carbocycles. The monoisotopic (exact) mass is 378 g/mol. The predicted octanol–water partition coefficient (Wildman–Crippen LogP) is 4.33. The number of hydrogen-bond donors (Lipinski definition) is 4. The van der Waals surface area contributed by atoms with E-state index in [4.69, 9.17) is 20.4 Å². The molecule has 0 atom stereocenters. The predicted molar refractivity (Wildman–Crippen MR) is 105 cm³/mol. The van der Waals surface area contributed by atoms with Gasteiger partial charge in [0.05, 0.1) is 13.2 Å². The van der Waals surface area contributed by atoms with Crippen LogP contribution in [0, 0.1) is 11.8 Å². The van der Waals surface area contributed by atoms with Crippen LogP contribution >= 0.6 is 0 Å². The zero-order chi connectivity index (χ0) is 20.8. The van der Waals surface area contributed by atoms with Gasteiger partial charge in [0.1, 0.15) is 0 Å². The fourth-order valence-electron chi connectivity index (χ4n) is 2.01. The normalized spacial score (nSPS) is 10.0. The van der Waals surface area contributed by atoms with E-state index in [9.17, 15) is 9.59 Å². The van der Waals surface area contributed by atoms with Crippen LogP contribution in [0.4, 0.5) is 0 Å². The molecule has 26 heavy (non-hydrogen) atoms.